The predicted octanol–water partition coefficient (Wildman–Crippen LogP) is 2.28. The molecule has 21 heavy (non-hydrogen) atoms. The van der Waals surface area contributed by atoms with Crippen molar-refractivity contribution in [2.75, 3.05) is 13.1 Å². The lowest BCUT2D eigenvalue weighted by atomic mass is 9.98. The lowest BCUT2D eigenvalue weighted by molar-refractivity contribution is 0.517. The zero-order valence-electron chi connectivity index (χ0n) is 13.6. The van der Waals surface area contributed by atoms with Gasteiger partial charge in [0.2, 0.25) is 0 Å². The monoisotopic (exact) mass is 287 g/mol. The highest BCUT2D eigenvalue weighted by atomic mass is 15.2. The minimum absolute atomic E-state index is 0.579. The van der Waals surface area contributed by atoms with Crippen LogP contribution in [0.15, 0.2) is 12.4 Å². The third-order valence-electron chi connectivity index (χ3n) is 3.68. The van der Waals surface area contributed by atoms with E-state index in [0.29, 0.717) is 5.92 Å². The van der Waals surface area contributed by atoms with Gasteiger partial charge in [-0.3, -0.25) is 4.68 Å². The molecule has 0 aromatic carbocycles. The van der Waals surface area contributed by atoms with Crippen molar-refractivity contribution in [3.05, 3.63) is 29.3 Å². The molecule has 2 rings (SSSR count). The summed E-state index contributed by atoms with van der Waals surface area (Å²) >= 11 is 0. The first kappa shape index (κ1) is 15.6. The second-order valence-electron chi connectivity index (χ2n) is 5.72. The topological polar surface area (TPSA) is 55.6 Å². The summed E-state index contributed by atoms with van der Waals surface area (Å²) in [5.74, 6) is 1.34. The number of nitrogens with zero attached hydrogens (tertiary/aromatic N) is 4. The van der Waals surface area contributed by atoms with Crippen LogP contribution in [0.5, 0.6) is 0 Å². The molecule has 0 amide bonds. The predicted molar refractivity (Wildman–Crippen MR) is 85.1 cm³/mol. The molecule has 0 saturated heterocycles. The standard InChI is InChI=1S/C16H25N5/c1-6-17-8-11(2)7-15-12(3)19-16(20-13(15)4)14-9-18-21(5)10-14/h9-11,17H,6-8H2,1-5H3. The number of hydrogen-bond donors (Lipinski definition) is 1. The van der Waals surface area contributed by atoms with E-state index in [2.05, 4.69) is 48.1 Å². The van der Waals surface area contributed by atoms with E-state index in [1.54, 1.807) is 4.68 Å². The van der Waals surface area contributed by atoms with Crippen LogP contribution in [0.4, 0.5) is 0 Å². The first-order chi connectivity index (χ1) is 10.0. The second-order valence-corrected chi connectivity index (χ2v) is 5.72. The molecule has 114 valence electrons. The van der Waals surface area contributed by atoms with Gasteiger partial charge in [-0.2, -0.15) is 5.10 Å². The highest BCUT2D eigenvalue weighted by Crippen LogP contribution is 2.20. The van der Waals surface area contributed by atoms with Gasteiger partial charge in [-0.05, 0) is 44.8 Å². The van der Waals surface area contributed by atoms with E-state index in [1.807, 2.05) is 19.4 Å². The first-order valence-electron chi connectivity index (χ1n) is 7.55. The molecule has 0 aliphatic carbocycles. The highest BCUT2D eigenvalue weighted by Gasteiger charge is 2.13. The van der Waals surface area contributed by atoms with Crippen LogP contribution in [-0.2, 0) is 13.5 Å². The molecule has 0 aliphatic rings. The Bertz CT molecular complexity index is 579. The number of rotatable bonds is 6. The molecule has 0 spiro atoms. The summed E-state index contributed by atoms with van der Waals surface area (Å²) in [5, 5.41) is 7.58. The number of aromatic nitrogens is 4. The van der Waals surface area contributed by atoms with Crippen molar-refractivity contribution in [2.45, 2.75) is 34.1 Å². The van der Waals surface area contributed by atoms with Crippen LogP contribution in [-0.4, -0.2) is 32.8 Å². The molecule has 2 aromatic rings. The SMILES string of the molecule is CCNCC(C)Cc1c(C)nc(-c2cnn(C)c2)nc1C. The minimum Gasteiger partial charge on any atom is -0.317 e. The Morgan fingerprint density at radius 2 is 1.90 bits per heavy atom. The molecule has 0 radical (unpaired) electrons. The van der Waals surface area contributed by atoms with Gasteiger partial charge in [0.15, 0.2) is 5.82 Å². The normalized spacial score (nSPS) is 12.6. The third-order valence-corrected chi connectivity index (χ3v) is 3.68. The summed E-state index contributed by atoms with van der Waals surface area (Å²) < 4.78 is 1.77. The van der Waals surface area contributed by atoms with Gasteiger partial charge in [-0.25, -0.2) is 9.97 Å². The Morgan fingerprint density at radius 1 is 1.24 bits per heavy atom. The van der Waals surface area contributed by atoms with Crippen LogP contribution in [0.1, 0.15) is 30.8 Å². The van der Waals surface area contributed by atoms with Crippen molar-refractivity contribution in [2.24, 2.45) is 13.0 Å². The number of hydrogen-bond acceptors (Lipinski definition) is 4. The van der Waals surface area contributed by atoms with Gasteiger partial charge in [0.25, 0.3) is 0 Å². The molecule has 0 aliphatic heterocycles. The zero-order valence-corrected chi connectivity index (χ0v) is 13.6. The van der Waals surface area contributed by atoms with Gasteiger partial charge < -0.3 is 5.32 Å². The van der Waals surface area contributed by atoms with Crippen molar-refractivity contribution in [3.63, 3.8) is 0 Å². The quantitative estimate of drug-likeness (QED) is 0.885. The molecule has 5 heteroatoms. The number of nitrogens with one attached hydrogen (secondary N) is 1. The van der Waals surface area contributed by atoms with Crippen LogP contribution in [0.2, 0.25) is 0 Å². The average Bonchev–Trinajstić information content (AvgIpc) is 2.87. The van der Waals surface area contributed by atoms with E-state index in [1.165, 1.54) is 5.56 Å². The van der Waals surface area contributed by atoms with Crippen LogP contribution < -0.4 is 5.32 Å². The Morgan fingerprint density at radius 3 is 2.43 bits per heavy atom. The molecule has 1 atom stereocenters. The number of aryl methyl sites for hydroxylation is 3. The summed E-state index contributed by atoms with van der Waals surface area (Å²) in [6.45, 7) is 10.6. The third kappa shape index (κ3) is 3.88. The molecule has 0 bridgehead atoms. The average molecular weight is 287 g/mol. The van der Waals surface area contributed by atoms with Gasteiger partial charge in [-0.1, -0.05) is 13.8 Å². The van der Waals surface area contributed by atoms with Gasteiger partial charge in [0.1, 0.15) is 0 Å². The van der Waals surface area contributed by atoms with Crippen LogP contribution in [0.3, 0.4) is 0 Å². The fourth-order valence-electron chi connectivity index (χ4n) is 2.51. The summed E-state index contributed by atoms with van der Waals surface area (Å²) in [6, 6.07) is 0. The smallest absolute Gasteiger partial charge is 0.162 e. The zero-order chi connectivity index (χ0) is 15.4. The van der Waals surface area contributed by atoms with E-state index in [-0.39, 0.29) is 0 Å². The lowest BCUT2D eigenvalue weighted by Crippen LogP contribution is -2.22. The van der Waals surface area contributed by atoms with Gasteiger partial charge in [0.05, 0.1) is 11.8 Å². The lowest BCUT2D eigenvalue weighted by Gasteiger charge is -2.15. The van der Waals surface area contributed by atoms with Crippen molar-refractivity contribution in [1.82, 2.24) is 25.1 Å². The van der Waals surface area contributed by atoms with E-state index >= 15 is 0 Å². The Labute approximate surface area is 126 Å². The summed E-state index contributed by atoms with van der Waals surface area (Å²) in [7, 11) is 1.90. The molecule has 1 N–H and O–H groups in total. The van der Waals surface area contributed by atoms with E-state index < -0.39 is 0 Å². The fraction of sp³-hybridized carbons (Fsp3) is 0.562. The fourth-order valence-corrected chi connectivity index (χ4v) is 2.51. The largest absolute Gasteiger partial charge is 0.317 e. The molecule has 5 nitrogen and oxygen atoms in total. The Hall–Kier alpha value is -1.75. The van der Waals surface area contributed by atoms with Gasteiger partial charge in [-0.15, -0.1) is 0 Å². The van der Waals surface area contributed by atoms with Crippen LogP contribution in [0, 0.1) is 19.8 Å². The van der Waals surface area contributed by atoms with E-state index in [0.717, 1.165) is 42.3 Å². The summed E-state index contributed by atoms with van der Waals surface area (Å²) in [4.78, 5) is 9.33. The second kappa shape index (κ2) is 6.80. The minimum atomic E-state index is 0.579. The summed E-state index contributed by atoms with van der Waals surface area (Å²) in [6.07, 6.45) is 4.77. The molecular formula is C16H25N5. The maximum atomic E-state index is 4.67. The first-order valence-corrected chi connectivity index (χ1v) is 7.55. The molecule has 0 saturated carbocycles. The maximum Gasteiger partial charge on any atom is 0.162 e. The molecule has 2 heterocycles. The molecule has 1 unspecified atom stereocenters. The Kier molecular flexibility index (Phi) is 5.07. The van der Waals surface area contributed by atoms with Crippen LogP contribution >= 0.6 is 0 Å². The van der Waals surface area contributed by atoms with Crippen molar-refractivity contribution in [1.29, 1.82) is 0 Å². The van der Waals surface area contributed by atoms with Crippen molar-refractivity contribution >= 4 is 0 Å². The van der Waals surface area contributed by atoms with Gasteiger partial charge >= 0.3 is 0 Å². The Balaban J connectivity index is 2.21. The van der Waals surface area contributed by atoms with E-state index in [9.17, 15) is 0 Å². The molecule has 0 fully saturated rings. The van der Waals surface area contributed by atoms with Gasteiger partial charge in [0, 0.05) is 24.6 Å². The highest BCUT2D eigenvalue weighted by molar-refractivity contribution is 5.53. The molecular weight excluding hydrogens is 262 g/mol. The van der Waals surface area contributed by atoms with Crippen molar-refractivity contribution in [3.8, 4) is 11.4 Å². The summed E-state index contributed by atoms with van der Waals surface area (Å²) in [5.41, 5.74) is 4.39. The molecule has 2 aromatic heterocycles. The van der Waals surface area contributed by atoms with Crippen molar-refractivity contribution < 1.29 is 0 Å². The maximum absolute atomic E-state index is 4.67. The van der Waals surface area contributed by atoms with Crippen LogP contribution in [0.25, 0.3) is 11.4 Å². The van der Waals surface area contributed by atoms with E-state index in [4.69, 9.17) is 0 Å².